The van der Waals surface area contributed by atoms with Crippen molar-refractivity contribution in [2.45, 2.75) is 0 Å². The van der Waals surface area contributed by atoms with Gasteiger partial charge in [0.05, 0.1) is 16.7 Å². The smallest absolute Gasteiger partial charge is 0.145 e. The van der Waals surface area contributed by atoms with Crippen LogP contribution in [0.25, 0.3) is 60.6 Å². The molecule has 0 bridgehead atoms. The minimum Gasteiger partial charge on any atom is -0.293 e. The van der Waals surface area contributed by atoms with Gasteiger partial charge >= 0.3 is 0 Å². The summed E-state index contributed by atoms with van der Waals surface area (Å²) in [6.45, 7) is 0. The zero-order valence-electron chi connectivity index (χ0n) is 16.7. The van der Waals surface area contributed by atoms with Crippen LogP contribution in [0.4, 0.5) is 0 Å². The number of rotatable bonds is 2. The predicted octanol–water partition coefficient (Wildman–Crippen LogP) is 6.96. The van der Waals surface area contributed by atoms with Crippen LogP contribution in [0.5, 0.6) is 0 Å². The predicted molar refractivity (Wildman–Crippen MR) is 128 cm³/mol. The molecule has 7 aromatic rings. The van der Waals surface area contributed by atoms with Gasteiger partial charge in [-0.1, -0.05) is 60.7 Å². The van der Waals surface area contributed by atoms with Crippen LogP contribution in [-0.2, 0) is 0 Å². The van der Waals surface area contributed by atoms with Crippen molar-refractivity contribution in [2.24, 2.45) is 0 Å². The van der Waals surface area contributed by atoms with Gasteiger partial charge in [-0.2, -0.15) is 0 Å². The second-order valence-corrected chi connectivity index (χ2v) is 7.95. The molecule has 0 aliphatic rings. The van der Waals surface area contributed by atoms with Crippen molar-refractivity contribution < 1.29 is 0 Å². The summed E-state index contributed by atoms with van der Waals surface area (Å²) in [5, 5.41) is 4.93. The molecular weight excluding hydrogens is 378 g/mol. The Hall–Kier alpha value is -4.24. The van der Waals surface area contributed by atoms with Crippen molar-refractivity contribution in [3.05, 3.63) is 103 Å². The lowest BCUT2D eigenvalue weighted by atomic mass is 10.0. The minimum absolute atomic E-state index is 0.943. The number of hydrogen-bond donors (Lipinski definition) is 0. The summed E-state index contributed by atoms with van der Waals surface area (Å²) in [5.74, 6) is 0. The van der Waals surface area contributed by atoms with E-state index in [1.807, 2.05) is 30.6 Å². The standard InChI is InChI=1S/C28H17N3/c1-2-7-18(8-3-1)19-12-13-26-23(15-19)21-9-6-10-22-24-16-20(25-11-4-5-14-29-25)17-30-28(24)31(26)27(21)22/h1-17H. The molecule has 31 heavy (non-hydrogen) atoms. The summed E-state index contributed by atoms with van der Waals surface area (Å²) in [6.07, 6.45) is 3.76. The van der Waals surface area contributed by atoms with Gasteiger partial charge in [-0.05, 0) is 41.5 Å². The fourth-order valence-electron chi connectivity index (χ4n) is 4.82. The van der Waals surface area contributed by atoms with E-state index in [0.29, 0.717) is 0 Å². The second-order valence-electron chi connectivity index (χ2n) is 7.95. The van der Waals surface area contributed by atoms with Crippen LogP contribution in [0, 0.1) is 0 Å². The zero-order valence-corrected chi connectivity index (χ0v) is 16.7. The number of aromatic nitrogens is 3. The van der Waals surface area contributed by atoms with Crippen molar-refractivity contribution >= 4 is 38.2 Å². The first-order valence-electron chi connectivity index (χ1n) is 10.4. The highest BCUT2D eigenvalue weighted by Gasteiger charge is 2.19. The highest BCUT2D eigenvalue weighted by molar-refractivity contribution is 6.23. The Labute approximate surface area is 178 Å². The molecule has 0 atom stereocenters. The zero-order chi connectivity index (χ0) is 20.4. The first-order chi connectivity index (χ1) is 15.4. The Morgan fingerprint density at radius 1 is 0.548 bits per heavy atom. The highest BCUT2D eigenvalue weighted by Crippen LogP contribution is 2.40. The molecule has 3 aromatic carbocycles. The summed E-state index contributed by atoms with van der Waals surface area (Å²) >= 11 is 0. The van der Waals surface area contributed by atoms with Crippen molar-refractivity contribution in [1.82, 2.24) is 14.4 Å². The van der Waals surface area contributed by atoms with Crippen LogP contribution in [0.15, 0.2) is 103 Å². The van der Waals surface area contributed by atoms with E-state index in [9.17, 15) is 0 Å². The molecule has 0 fully saturated rings. The van der Waals surface area contributed by atoms with Crippen LogP contribution in [0.3, 0.4) is 0 Å². The van der Waals surface area contributed by atoms with Crippen LogP contribution >= 0.6 is 0 Å². The van der Waals surface area contributed by atoms with Crippen LogP contribution in [-0.4, -0.2) is 14.4 Å². The van der Waals surface area contributed by atoms with E-state index in [2.05, 4.69) is 82.2 Å². The number of pyridine rings is 2. The molecule has 4 heterocycles. The van der Waals surface area contributed by atoms with Crippen LogP contribution < -0.4 is 0 Å². The average Bonchev–Trinajstić information content (AvgIpc) is 3.36. The van der Waals surface area contributed by atoms with Gasteiger partial charge in [0.2, 0.25) is 0 Å². The van der Waals surface area contributed by atoms with E-state index in [0.717, 1.165) is 22.3 Å². The highest BCUT2D eigenvalue weighted by atomic mass is 15.0. The lowest BCUT2D eigenvalue weighted by molar-refractivity contribution is 1.25. The Morgan fingerprint density at radius 2 is 1.35 bits per heavy atom. The van der Waals surface area contributed by atoms with Gasteiger partial charge in [0, 0.05) is 39.5 Å². The summed E-state index contributed by atoms with van der Waals surface area (Å²) in [6, 6.07) is 32.1. The first kappa shape index (κ1) is 16.5. The number of benzene rings is 3. The van der Waals surface area contributed by atoms with Gasteiger partial charge in [0.1, 0.15) is 5.65 Å². The third-order valence-corrected chi connectivity index (χ3v) is 6.22. The molecule has 0 unspecified atom stereocenters. The molecule has 0 saturated carbocycles. The topological polar surface area (TPSA) is 30.2 Å². The molecule has 144 valence electrons. The van der Waals surface area contributed by atoms with E-state index in [1.54, 1.807) is 0 Å². The molecule has 0 saturated heterocycles. The van der Waals surface area contributed by atoms with Crippen LogP contribution in [0.1, 0.15) is 0 Å². The third kappa shape index (κ3) is 2.29. The van der Waals surface area contributed by atoms with Gasteiger partial charge < -0.3 is 0 Å². The van der Waals surface area contributed by atoms with Gasteiger partial charge in [-0.25, -0.2) is 4.98 Å². The van der Waals surface area contributed by atoms with Gasteiger partial charge in [0.15, 0.2) is 0 Å². The largest absolute Gasteiger partial charge is 0.293 e. The Morgan fingerprint density at radius 3 is 2.19 bits per heavy atom. The Bertz CT molecular complexity index is 1590. The maximum Gasteiger partial charge on any atom is 0.145 e. The van der Waals surface area contributed by atoms with Crippen molar-refractivity contribution in [1.29, 1.82) is 0 Å². The summed E-state index contributed by atoms with van der Waals surface area (Å²) in [5.41, 5.74) is 7.88. The fraction of sp³-hybridized carbons (Fsp3) is 0. The Balaban J connectivity index is 1.56. The van der Waals surface area contributed by atoms with E-state index in [4.69, 9.17) is 4.98 Å². The molecule has 0 amide bonds. The number of hydrogen-bond acceptors (Lipinski definition) is 2. The number of nitrogens with zero attached hydrogens (tertiary/aromatic N) is 3. The first-order valence-corrected chi connectivity index (χ1v) is 10.4. The van der Waals surface area contributed by atoms with Crippen molar-refractivity contribution in [3.8, 4) is 22.4 Å². The normalized spacial score (nSPS) is 11.9. The molecular formula is C28H17N3. The quantitative estimate of drug-likeness (QED) is 0.317. The molecule has 0 aliphatic carbocycles. The maximum absolute atomic E-state index is 4.90. The molecule has 0 N–H and O–H groups in total. The molecule has 3 nitrogen and oxygen atoms in total. The van der Waals surface area contributed by atoms with Gasteiger partial charge in [-0.15, -0.1) is 0 Å². The van der Waals surface area contributed by atoms with Crippen molar-refractivity contribution in [3.63, 3.8) is 0 Å². The Kier molecular flexibility index (Phi) is 3.27. The summed E-state index contributed by atoms with van der Waals surface area (Å²) < 4.78 is 2.31. The van der Waals surface area contributed by atoms with Gasteiger partial charge in [-0.3, -0.25) is 9.38 Å². The maximum atomic E-state index is 4.90. The molecule has 3 heteroatoms. The molecule has 0 aliphatic heterocycles. The van der Waals surface area contributed by atoms with E-state index < -0.39 is 0 Å². The van der Waals surface area contributed by atoms with E-state index in [1.165, 1.54) is 38.3 Å². The fourth-order valence-corrected chi connectivity index (χ4v) is 4.82. The summed E-state index contributed by atoms with van der Waals surface area (Å²) in [7, 11) is 0. The summed E-state index contributed by atoms with van der Waals surface area (Å²) in [4.78, 5) is 9.40. The third-order valence-electron chi connectivity index (χ3n) is 6.22. The van der Waals surface area contributed by atoms with Crippen molar-refractivity contribution in [2.75, 3.05) is 0 Å². The molecule has 0 radical (unpaired) electrons. The van der Waals surface area contributed by atoms with Gasteiger partial charge in [0.25, 0.3) is 0 Å². The SMILES string of the molecule is c1ccc(-c2ccc3c(c2)c2cccc4c5cc(-c6ccccn6)cnc5n3c24)cc1. The lowest BCUT2D eigenvalue weighted by Crippen LogP contribution is -1.87. The second kappa shape index (κ2) is 6.13. The van der Waals surface area contributed by atoms with E-state index >= 15 is 0 Å². The molecule has 4 aromatic heterocycles. The average molecular weight is 395 g/mol. The molecule has 7 rings (SSSR count). The minimum atomic E-state index is 0.943. The number of fused-ring (bicyclic) bond motifs is 6. The van der Waals surface area contributed by atoms with E-state index in [-0.39, 0.29) is 0 Å². The molecule has 0 spiro atoms. The monoisotopic (exact) mass is 395 g/mol. The number of para-hydroxylation sites is 1. The van der Waals surface area contributed by atoms with Crippen LogP contribution in [0.2, 0.25) is 0 Å². The lowest BCUT2D eigenvalue weighted by Gasteiger charge is -2.04.